The van der Waals surface area contributed by atoms with Gasteiger partial charge >= 0.3 is 0 Å². The minimum Gasteiger partial charge on any atom is -0.493 e. The number of anilines is 1. The van der Waals surface area contributed by atoms with Crippen molar-refractivity contribution < 1.29 is 22.7 Å². The molecular weight excluding hydrogens is 374 g/mol. The van der Waals surface area contributed by atoms with E-state index in [2.05, 4.69) is 15.0 Å². The maximum absolute atomic E-state index is 11.1. The molecule has 0 unspecified atom stereocenters. The number of rotatable bonds is 9. The Labute approximate surface area is 158 Å². The monoisotopic (exact) mass is 399 g/mol. The number of nitrogens with zero attached hydrogens (tertiary/aromatic N) is 2. The normalized spacial score (nSPS) is 15.3. The molecule has 0 spiro atoms. The molecule has 0 atom stereocenters. The fraction of sp³-hybridized carbons (Fsp3) is 0.500. The van der Waals surface area contributed by atoms with Gasteiger partial charge in [0.1, 0.15) is 5.84 Å². The number of ether oxygens (including phenoxy) is 2. The Morgan fingerprint density at radius 1 is 1.33 bits per heavy atom. The number of carbonyl (C=O) groups is 1. The third kappa shape index (κ3) is 5.31. The van der Waals surface area contributed by atoms with Crippen LogP contribution in [0.15, 0.2) is 17.1 Å². The average Bonchev–Trinajstić information content (AvgIpc) is 2.60. The second-order valence-electron chi connectivity index (χ2n) is 6.06. The van der Waals surface area contributed by atoms with Gasteiger partial charge in [-0.3, -0.25) is 4.79 Å². The molecule has 11 heteroatoms. The van der Waals surface area contributed by atoms with Gasteiger partial charge < -0.3 is 19.7 Å². The van der Waals surface area contributed by atoms with E-state index in [1.807, 2.05) is 4.90 Å². The lowest BCUT2D eigenvalue weighted by Crippen LogP contribution is -2.51. The Morgan fingerprint density at radius 3 is 2.48 bits per heavy atom. The standard InChI is InChI=1S/C16H25N5O5S/c1-18-13-7-15(26-3)14(25-2)6-12(13)16(19-10-22)21-8-11(9-21)4-5-20-27(17,23)24/h6-7,10-11,18,20H,4-5,8-9H2,1-3H3,(H2,17,23,24). The van der Waals surface area contributed by atoms with E-state index in [0.717, 1.165) is 5.69 Å². The van der Waals surface area contributed by atoms with Crippen molar-refractivity contribution in [3.05, 3.63) is 17.7 Å². The highest BCUT2D eigenvalue weighted by molar-refractivity contribution is 7.87. The molecule has 1 amide bonds. The number of hydrogen-bond donors (Lipinski definition) is 3. The molecule has 0 radical (unpaired) electrons. The van der Waals surface area contributed by atoms with Gasteiger partial charge in [-0.25, -0.2) is 9.86 Å². The Balaban J connectivity index is 2.15. The van der Waals surface area contributed by atoms with Gasteiger partial charge in [-0.2, -0.15) is 13.4 Å². The third-order valence-corrected chi connectivity index (χ3v) is 4.93. The van der Waals surface area contributed by atoms with Crippen molar-refractivity contribution >= 4 is 28.1 Å². The van der Waals surface area contributed by atoms with Crippen molar-refractivity contribution in [2.24, 2.45) is 16.0 Å². The summed E-state index contributed by atoms with van der Waals surface area (Å²) in [6.07, 6.45) is 1.15. The van der Waals surface area contributed by atoms with Gasteiger partial charge in [0.25, 0.3) is 10.2 Å². The van der Waals surface area contributed by atoms with Gasteiger partial charge in [-0.05, 0) is 18.4 Å². The van der Waals surface area contributed by atoms with Crippen molar-refractivity contribution in [3.8, 4) is 11.5 Å². The van der Waals surface area contributed by atoms with Crippen LogP contribution in [0.1, 0.15) is 12.0 Å². The van der Waals surface area contributed by atoms with Crippen molar-refractivity contribution in [1.82, 2.24) is 9.62 Å². The summed E-state index contributed by atoms with van der Waals surface area (Å²) in [5.74, 6) is 1.88. The largest absolute Gasteiger partial charge is 0.493 e. The highest BCUT2D eigenvalue weighted by atomic mass is 32.2. The fourth-order valence-corrected chi connectivity index (χ4v) is 3.38. The van der Waals surface area contributed by atoms with Crippen LogP contribution in [0.3, 0.4) is 0 Å². The maximum Gasteiger partial charge on any atom is 0.274 e. The third-order valence-electron chi connectivity index (χ3n) is 4.32. The zero-order chi connectivity index (χ0) is 20.0. The number of aliphatic imine (C=N–C) groups is 1. The van der Waals surface area contributed by atoms with Crippen molar-refractivity contribution in [2.75, 3.05) is 46.2 Å². The van der Waals surface area contributed by atoms with E-state index in [4.69, 9.17) is 14.6 Å². The van der Waals surface area contributed by atoms with E-state index < -0.39 is 10.2 Å². The molecule has 1 aromatic carbocycles. The molecule has 4 N–H and O–H groups in total. The number of methoxy groups -OCH3 is 2. The Hall–Kier alpha value is -2.37. The van der Waals surface area contributed by atoms with E-state index in [0.29, 0.717) is 48.8 Å². The molecule has 2 rings (SSSR count). The highest BCUT2D eigenvalue weighted by Gasteiger charge is 2.31. The minimum absolute atomic E-state index is 0.272. The van der Waals surface area contributed by atoms with E-state index >= 15 is 0 Å². The summed E-state index contributed by atoms with van der Waals surface area (Å²) in [6, 6.07) is 3.55. The van der Waals surface area contributed by atoms with Crippen molar-refractivity contribution in [1.29, 1.82) is 0 Å². The van der Waals surface area contributed by atoms with E-state index in [1.54, 1.807) is 26.3 Å². The number of carbonyl (C=O) groups excluding carboxylic acids is 1. The first-order chi connectivity index (χ1) is 12.8. The lowest BCUT2D eigenvalue weighted by Gasteiger charge is -2.41. The number of likely N-dealkylation sites (tertiary alicyclic amines) is 1. The predicted octanol–water partition coefficient (Wildman–Crippen LogP) is -0.236. The van der Waals surface area contributed by atoms with Gasteiger partial charge in [0.2, 0.25) is 6.41 Å². The number of amides is 1. The number of hydrogen-bond acceptors (Lipinski definition) is 6. The van der Waals surface area contributed by atoms with E-state index in [9.17, 15) is 13.2 Å². The van der Waals surface area contributed by atoms with Crippen molar-refractivity contribution in [2.45, 2.75) is 6.42 Å². The van der Waals surface area contributed by atoms with Crippen LogP contribution in [0, 0.1) is 5.92 Å². The van der Waals surface area contributed by atoms with Gasteiger partial charge in [-0.1, -0.05) is 0 Å². The summed E-state index contributed by atoms with van der Waals surface area (Å²) in [5, 5.41) is 7.99. The van der Waals surface area contributed by atoms with Gasteiger partial charge in [0, 0.05) is 44.0 Å². The van der Waals surface area contributed by atoms with Crippen LogP contribution in [-0.2, 0) is 15.0 Å². The first-order valence-electron chi connectivity index (χ1n) is 8.30. The lowest BCUT2D eigenvalue weighted by molar-refractivity contribution is -0.106. The zero-order valence-corrected chi connectivity index (χ0v) is 16.4. The molecule has 1 aromatic rings. The summed E-state index contributed by atoms with van der Waals surface area (Å²) >= 11 is 0. The van der Waals surface area contributed by atoms with Crippen LogP contribution in [0.25, 0.3) is 0 Å². The Kier molecular flexibility index (Phi) is 6.99. The molecule has 1 fully saturated rings. The van der Waals surface area contributed by atoms with Gasteiger partial charge in [0.05, 0.1) is 14.2 Å². The van der Waals surface area contributed by atoms with Crippen LogP contribution in [0.2, 0.25) is 0 Å². The van der Waals surface area contributed by atoms with Crippen LogP contribution < -0.4 is 24.7 Å². The number of nitrogens with one attached hydrogen (secondary N) is 2. The lowest BCUT2D eigenvalue weighted by atomic mass is 9.94. The summed E-state index contributed by atoms with van der Waals surface area (Å²) in [7, 11) is 1.17. The number of benzene rings is 1. The fourth-order valence-electron chi connectivity index (χ4n) is 2.97. The zero-order valence-electron chi connectivity index (χ0n) is 15.6. The molecular formula is C16H25N5O5S. The molecule has 1 aliphatic heterocycles. The maximum atomic E-state index is 11.1. The first kappa shape index (κ1) is 20.9. The smallest absolute Gasteiger partial charge is 0.274 e. The highest BCUT2D eigenvalue weighted by Crippen LogP contribution is 2.35. The SMILES string of the molecule is CNc1cc(OC)c(OC)cc1C(=NC=O)N1CC(CCNS(N)(=O)=O)C1. The first-order valence-corrected chi connectivity index (χ1v) is 9.85. The van der Waals surface area contributed by atoms with Gasteiger partial charge in [0.15, 0.2) is 11.5 Å². The van der Waals surface area contributed by atoms with Crippen LogP contribution in [0.4, 0.5) is 5.69 Å². The van der Waals surface area contributed by atoms with Crippen LogP contribution in [0.5, 0.6) is 11.5 Å². The summed E-state index contributed by atoms with van der Waals surface area (Å²) in [4.78, 5) is 17.1. The van der Waals surface area contributed by atoms with Gasteiger partial charge in [-0.15, -0.1) is 0 Å². The molecule has 10 nitrogen and oxygen atoms in total. The summed E-state index contributed by atoms with van der Waals surface area (Å²) in [6.45, 7) is 1.57. The quantitative estimate of drug-likeness (QED) is 0.296. The molecule has 27 heavy (non-hydrogen) atoms. The second kappa shape index (κ2) is 9.02. The molecule has 0 bridgehead atoms. The molecule has 0 aliphatic carbocycles. The Bertz CT molecular complexity index is 806. The van der Waals surface area contributed by atoms with Crippen molar-refractivity contribution in [3.63, 3.8) is 0 Å². The van der Waals surface area contributed by atoms with Crippen LogP contribution in [-0.4, -0.2) is 66.5 Å². The summed E-state index contributed by atoms with van der Waals surface area (Å²) < 4.78 is 34.8. The topological polar surface area (TPSA) is 135 Å². The van der Waals surface area contributed by atoms with Crippen LogP contribution >= 0.6 is 0 Å². The number of amidine groups is 1. The number of nitrogens with two attached hydrogens (primary N) is 1. The summed E-state index contributed by atoms with van der Waals surface area (Å²) in [5.41, 5.74) is 1.45. The van der Waals surface area contributed by atoms with E-state index in [1.165, 1.54) is 7.11 Å². The average molecular weight is 399 g/mol. The Morgan fingerprint density at radius 2 is 1.96 bits per heavy atom. The minimum atomic E-state index is -3.68. The molecule has 1 saturated heterocycles. The van der Waals surface area contributed by atoms with E-state index in [-0.39, 0.29) is 12.5 Å². The molecule has 1 aliphatic rings. The molecule has 0 aromatic heterocycles. The second-order valence-corrected chi connectivity index (χ2v) is 7.44. The molecule has 1 heterocycles. The predicted molar refractivity (Wildman–Crippen MR) is 102 cm³/mol. The molecule has 0 saturated carbocycles. The molecule has 150 valence electrons.